The molecule has 1 N–H and O–H groups in total. The van der Waals surface area contributed by atoms with Crippen LogP contribution in [0.4, 0.5) is 22.4 Å². The van der Waals surface area contributed by atoms with Crippen LogP contribution in [0.2, 0.25) is 0 Å². The van der Waals surface area contributed by atoms with Crippen molar-refractivity contribution in [2.45, 2.75) is 19.1 Å². The van der Waals surface area contributed by atoms with Crippen LogP contribution in [0, 0.1) is 5.82 Å². The van der Waals surface area contributed by atoms with Crippen LogP contribution in [-0.2, 0) is 4.74 Å². The molecule has 0 aliphatic carbocycles. The fourth-order valence-electron chi connectivity index (χ4n) is 1.53. The number of nitrogens with zero attached hydrogens (tertiary/aromatic N) is 1. The highest BCUT2D eigenvalue weighted by atomic mass is 32.1. The van der Waals surface area contributed by atoms with E-state index in [1.54, 1.807) is 6.92 Å². The number of aromatic nitrogens is 1. The normalized spacial score (nSPS) is 13.2. The van der Waals surface area contributed by atoms with E-state index in [-0.39, 0.29) is 0 Å². The first kappa shape index (κ1) is 15.5. The van der Waals surface area contributed by atoms with Gasteiger partial charge in [-0.05, 0) is 25.1 Å². The van der Waals surface area contributed by atoms with Crippen LogP contribution in [0.15, 0.2) is 18.2 Å². The molecule has 1 amide bonds. The van der Waals surface area contributed by atoms with Gasteiger partial charge in [0.25, 0.3) is 0 Å². The molecule has 0 spiro atoms. The smallest absolute Gasteiger partial charge is 0.422 e. The summed E-state index contributed by atoms with van der Waals surface area (Å²) < 4.78 is 53.4. The van der Waals surface area contributed by atoms with E-state index < -0.39 is 30.7 Å². The third-order valence-corrected chi connectivity index (χ3v) is 3.64. The Morgan fingerprint density at radius 1 is 1.48 bits per heavy atom. The average Bonchev–Trinajstić information content (AvgIpc) is 2.78. The van der Waals surface area contributed by atoms with E-state index in [0.717, 1.165) is 11.3 Å². The third kappa shape index (κ3) is 4.28. The lowest BCUT2D eigenvalue weighted by Gasteiger charge is -2.12. The number of hydrogen-bond acceptors (Lipinski definition) is 4. The molecule has 0 aliphatic rings. The Balaban J connectivity index is 2.01. The van der Waals surface area contributed by atoms with Crippen molar-refractivity contribution in [3.8, 4) is 0 Å². The van der Waals surface area contributed by atoms with Crippen LogP contribution in [-0.4, -0.2) is 23.9 Å². The molecule has 0 bridgehead atoms. The Bertz CT molecular complexity index is 656. The number of benzene rings is 1. The van der Waals surface area contributed by atoms with Gasteiger partial charge >= 0.3 is 12.3 Å². The molecule has 0 saturated heterocycles. The number of halogens is 4. The molecule has 0 radical (unpaired) electrons. The molecule has 9 heteroatoms. The standard InChI is InChI=1S/C12H10F4N2O2S/c1-6(17-11(19)20-5-12(14,15)16)10-18-8-3-2-7(13)4-9(8)21-10/h2-4,6H,5H2,1H3,(H,17,19)/t6-/m1/s1. The predicted molar refractivity (Wildman–Crippen MR) is 68.5 cm³/mol. The highest BCUT2D eigenvalue weighted by Crippen LogP contribution is 2.27. The summed E-state index contributed by atoms with van der Waals surface area (Å²) in [5, 5.41) is 2.68. The number of nitrogens with one attached hydrogen (secondary N) is 1. The number of hydrogen-bond donors (Lipinski definition) is 1. The maximum atomic E-state index is 13.1. The molecule has 0 aliphatic heterocycles. The molecule has 2 aromatic rings. The molecular weight excluding hydrogens is 312 g/mol. The third-order valence-electron chi connectivity index (χ3n) is 2.44. The summed E-state index contributed by atoms with van der Waals surface area (Å²) in [5.41, 5.74) is 0.550. The minimum Gasteiger partial charge on any atom is -0.440 e. The fourth-order valence-corrected chi connectivity index (χ4v) is 2.52. The number of fused-ring (bicyclic) bond motifs is 1. The van der Waals surface area contributed by atoms with Crippen LogP contribution in [0.25, 0.3) is 10.2 Å². The lowest BCUT2D eigenvalue weighted by Crippen LogP contribution is -2.30. The Labute approximate surface area is 120 Å². The van der Waals surface area contributed by atoms with Gasteiger partial charge in [0.05, 0.1) is 16.3 Å². The summed E-state index contributed by atoms with van der Waals surface area (Å²) in [5.74, 6) is -0.414. The highest BCUT2D eigenvalue weighted by molar-refractivity contribution is 7.18. The molecule has 0 saturated carbocycles. The Hall–Kier alpha value is -1.90. The van der Waals surface area contributed by atoms with Crippen molar-refractivity contribution in [3.63, 3.8) is 0 Å². The molecule has 2 rings (SSSR count). The summed E-state index contributed by atoms with van der Waals surface area (Å²) in [4.78, 5) is 15.4. The molecule has 4 nitrogen and oxygen atoms in total. The first-order valence-electron chi connectivity index (χ1n) is 5.80. The van der Waals surface area contributed by atoms with Gasteiger partial charge in [0, 0.05) is 0 Å². The average molecular weight is 322 g/mol. The largest absolute Gasteiger partial charge is 0.440 e. The predicted octanol–water partition coefficient (Wildman–Crippen LogP) is 3.78. The van der Waals surface area contributed by atoms with Crippen LogP contribution in [0.3, 0.4) is 0 Å². The second kappa shape index (κ2) is 5.84. The van der Waals surface area contributed by atoms with Gasteiger partial charge in [-0.2, -0.15) is 13.2 Å². The quantitative estimate of drug-likeness (QED) is 0.875. The Morgan fingerprint density at radius 2 is 2.19 bits per heavy atom. The van der Waals surface area contributed by atoms with Gasteiger partial charge in [0.2, 0.25) is 0 Å². The van der Waals surface area contributed by atoms with Crippen molar-refractivity contribution in [1.82, 2.24) is 10.3 Å². The van der Waals surface area contributed by atoms with Gasteiger partial charge in [0.15, 0.2) is 6.61 Å². The van der Waals surface area contributed by atoms with Gasteiger partial charge < -0.3 is 10.1 Å². The number of rotatable bonds is 3. The number of thiazole rings is 1. The van der Waals surface area contributed by atoms with Crippen LogP contribution >= 0.6 is 11.3 Å². The monoisotopic (exact) mass is 322 g/mol. The number of alkyl halides is 3. The van der Waals surface area contributed by atoms with Crippen molar-refractivity contribution in [3.05, 3.63) is 29.0 Å². The maximum absolute atomic E-state index is 13.1. The summed E-state index contributed by atoms with van der Waals surface area (Å²) in [6.45, 7) is -0.112. The molecule has 1 aromatic heterocycles. The molecule has 1 aromatic carbocycles. The molecule has 0 unspecified atom stereocenters. The molecular formula is C12H10F4N2O2S. The summed E-state index contributed by atoms with van der Waals surface area (Å²) in [6.07, 6.45) is -5.77. The van der Waals surface area contributed by atoms with E-state index in [9.17, 15) is 22.4 Å². The van der Waals surface area contributed by atoms with Crippen molar-refractivity contribution < 1.29 is 27.1 Å². The Kier molecular flexibility index (Phi) is 4.31. The van der Waals surface area contributed by atoms with E-state index in [1.807, 2.05) is 0 Å². The molecule has 21 heavy (non-hydrogen) atoms. The van der Waals surface area contributed by atoms with Gasteiger partial charge in [0.1, 0.15) is 10.8 Å². The number of carbonyl (C=O) groups excluding carboxylic acids is 1. The topological polar surface area (TPSA) is 51.2 Å². The highest BCUT2D eigenvalue weighted by Gasteiger charge is 2.30. The van der Waals surface area contributed by atoms with Crippen LogP contribution < -0.4 is 5.32 Å². The van der Waals surface area contributed by atoms with Crippen LogP contribution in [0.1, 0.15) is 18.0 Å². The van der Waals surface area contributed by atoms with Crippen molar-refractivity contribution in [2.75, 3.05) is 6.61 Å². The summed E-state index contributed by atoms with van der Waals surface area (Å²) in [6, 6.07) is 3.39. The molecule has 114 valence electrons. The zero-order chi connectivity index (χ0) is 15.6. The van der Waals surface area contributed by atoms with Crippen LogP contribution in [0.5, 0.6) is 0 Å². The zero-order valence-electron chi connectivity index (χ0n) is 10.7. The van der Waals surface area contributed by atoms with Gasteiger partial charge in [-0.1, -0.05) is 0 Å². The van der Waals surface area contributed by atoms with E-state index in [4.69, 9.17) is 0 Å². The van der Waals surface area contributed by atoms with Gasteiger partial charge in [-0.3, -0.25) is 0 Å². The second-order valence-corrected chi connectivity index (χ2v) is 5.28. The fraction of sp³-hybridized carbons (Fsp3) is 0.333. The van der Waals surface area contributed by atoms with Crippen molar-refractivity contribution in [2.24, 2.45) is 0 Å². The first-order chi connectivity index (χ1) is 9.74. The summed E-state index contributed by atoms with van der Waals surface area (Å²) in [7, 11) is 0. The first-order valence-corrected chi connectivity index (χ1v) is 6.62. The number of ether oxygens (including phenoxy) is 1. The number of alkyl carbamates (subject to hydrolysis) is 1. The van der Waals surface area contributed by atoms with E-state index in [1.165, 1.54) is 18.2 Å². The number of carbonyl (C=O) groups is 1. The second-order valence-electron chi connectivity index (χ2n) is 4.22. The lowest BCUT2D eigenvalue weighted by atomic mass is 10.3. The van der Waals surface area contributed by atoms with Gasteiger partial charge in [-0.25, -0.2) is 14.2 Å². The van der Waals surface area contributed by atoms with Gasteiger partial charge in [-0.15, -0.1) is 11.3 Å². The minimum atomic E-state index is -4.58. The molecule has 1 atom stereocenters. The van der Waals surface area contributed by atoms with E-state index in [2.05, 4.69) is 15.0 Å². The lowest BCUT2D eigenvalue weighted by molar-refractivity contribution is -0.160. The minimum absolute atomic E-state index is 0.414. The summed E-state index contributed by atoms with van der Waals surface area (Å²) >= 11 is 1.14. The SMILES string of the molecule is C[C@@H](NC(=O)OCC(F)(F)F)c1nc2ccc(F)cc2s1. The maximum Gasteiger partial charge on any atom is 0.422 e. The molecule has 1 heterocycles. The number of amides is 1. The van der Waals surface area contributed by atoms with E-state index in [0.29, 0.717) is 15.2 Å². The Morgan fingerprint density at radius 3 is 2.86 bits per heavy atom. The van der Waals surface area contributed by atoms with Crippen molar-refractivity contribution >= 4 is 27.6 Å². The van der Waals surface area contributed by atoms with E-state index >= 15 is 0 Å². The van der Waals surface area contributed by atoms with Crippen molar-refractivity contribution in [1.29, 1.82) is 0 Å². The molecule has 0 fully saturated rings. The zero-order valence-corrected chi connectivity index (χ0v) is 11.5.